The molecule has 0 unspecified atom stereocenters. The van der Waals surface area contributed by atoms with Crippen molar-refractivity contribution in [1.29, 1.82) is 0 Å². The van der Waals surface area contributed by atoms with E-state index in [-0.39, 0.29) is 5.54 Å². The summed E-state index contributed by atoms with van der Waals surface area (Å²) in [5.41, 5.74) is 7.97. The van der Waals surface area contributed by atoms with Gasteiger partial charge in [0.1, 0.15) is 0 Å². The third-order valence-corrected chi connectivity index (χ3v) is 3.96. The molecule has 0 spiro atoms. The van der Waals surface area contributed by atoms with Crippen molar-refractivity contribution in [2.45, 2.75) is 39.2 Å². The zero-order valence-electron chi connectivity index (χ0n) is 11.3. The number of nitrogens with two attached hydrogens (primary N) is 1. The fraction of sp³-hybridized carbons (Fsp3) is 0.571. The van der Waals surface area contributed by atoms with Crippen LogP contribution in [0, 0.1) is 0 Å². The summed E-state index contributed by atoms with van der Waals surface area (Å²) < 4.78 is 0. The lowest BCUT2D eigenvalue weighted by molar-refractivity contribution is 0.471. The maximum Gasteiger partial charge on any atom is 0.0459 e. The van der Waals surface area contributed by atoms with Crippen LogP contribution in [0.25, 0.3) is 0 Å². The van der Waals surface area contributed by atoms with Crippen molar-refractivity contribution < 1.29 is 0 Å². The van der Waals surface area contributed by atoms with Crippen molar-refractivity contribution in [3.63, 3.8) is 0 Å². The molecule has 0 saturated heterocycles. The van der Waals surface area contributed by atoms with Gasteiger partial charge >= 0.3 is 0 Å². The number of rotatable bonds is 5. The summed E-state index contributed by atoms with van der Waals surface area (Å²) in [4.78, 5) is 2.27. The minimum atomic E-state index is 0.138. The van der Waals surface area contributed by atoms with Crippen LogP contribution in [-0.4, -0.2) is 19.1 Å². The van der Waals surface area contributed by atoms with Crippen LogP contribution in [0.4, 0.5) is 5.69 Å². The highest BCUT2D eigenvalue weighted by Gasteiger charge is 2.21. The molecule has 0 atom stereocenters. The van der Waals surface area contributed by atoms with Crippen LogP contribution in [0.3, 0.4) is 0 Å². The number of benzene rings is 1. The summed E-state index contributed by atoms with van der Waals surface area (Å²) in [6, 6.07) is 6.23. The molecule has 96 valence electrons. The van der Waals surface area contributed by atoms with E-state index >= 15 is 0 Å². The highest BCUT2D eigenvalue weighted by molar-refractivity contribution is 6.31. The third-order valence-electron chi connectivity index (χ3n) is 3.61. The number of halogens is 1. The number of anilines is 1. The maximum atomic E-state index is 6.26. The van der Waals surface area contributed by atoms with Gasteiger partial charge in [-0.15, -0.1) is 0 Å². The lowest BCUT2D eigenvalue weighted by Gasteiger charge is -2.37. The van der Waals surface area contributed by atoms with Gasteiger partial charge < -0.3 is 10.6 Å². The van der Waals surface area contributed by atoms with Crippen molar-refractivity contribution >= 4 is 17.3 Å². The lowest BCUT2D eigenvalue weighted by Crippen LogP contribution is -2.40. The first-order valence-corrected chi connectivity index (χ1v) is 6.52. The first-order valence-electron chi connectivity index (χ1n) is 6.14. The molecular weight excluding hydrogens is 232 g/mol. The number of nitrogens with zero attached hydrogens (tertiary/aromatic N) is 1. The maximum absolute atomic E-state index is 6.26. The van der Waals surface area contributed by atoms with Gasteiger partial charge in [0.2, 0.25) is 0 Å². The summed E-state index contributed by atoms with van der Waals surface area (Å²) in [5.74, 6) is 0. The van der Waals surface area contributed by atoms with E-state index in [4.69, 9.17) is 17.3 Å². The van der Waals surface area contributed by atoms with E-state index in [1.54, 1.807) is 0 Å². The second-order valence-corrected chi connectivity index (χ2v) is 5.45. The minimum Gasteiger partial charge on any atom is -0.369 e. The molecule has 17 heavy (non-hydrogen) atoms. The quantitative estimate of drug-likeness (QED) is 0.872. The molecule has 0 saturated carbocycles. The number of hydrogen-bond donors (Lipinski definition) is 1. The van der Waals surface area contributed by atoms with Gasteiger partial charge in [-0.25, -0.2) is 0 Å². The normalized spacial score (nSPS) is 11.6. The zero-order valence-corrected chi connectivity index (χ0v) is 12.0. The Morgan fingerprint density at radius 3 is 2.47 bits per heavy atom. The van der Waals surface area contributed by atoms with Gasteiger partial charge in [-0.2, -0.15) is 0 Å². The average Bonchev–Trinajstić information content (AvgIpc) is 2.31. The Kier molecular flexibility index (Phi) is 4.84. The molecule has 2 N–H and O–H groups in total. The Balaban J connectivity index is 2.97. The summed E-state index contributed by atoms with van der Waals surface area (Å²) in [6.45, 7) is 7.29. The molecule has 0 aliphatic rings. The molecule has 1 aromatic carbocycles. The van der Waals surface area contributed by atoms with Crippen LogP contribution in [0.15, 0.2) is 18.2 Å². The third kappa shape index (κ3) is 3.36. The molecule has 0 bridgehead atoms. The van der Waals surface area contributed by atoms with Gasteiger partial charge in [0, 0.05) is 23.3 Å². The van der Waals surface area contributed by atoms with Crippen molar-refractivity contribution in [2.24, 2.45) is 5.73 Å². The second-order valence-electron chi connectivity index (χ2n) is 5.04. The van der Waals surface area contributed by atoms with Crippen molar-refractivity contribution in [2.75, 3.05) is 18.5 Å². The predicted molar refractivity (Wildman–Crippen MR) is 77.0 cm³/mol. The van der Waals surface area contributed by atoms with Gasteiger partial charge in [0.25, 0.3) is 0 Å². The van der Waals surface area contributed by atoms with Crippen molar-refractivity contribution in [3.05, 3.63) is 28.8 Å². The highest BCUT2D eigenvalue weighted by Crippen LogP contribution is 2.28. The summed E-state index contributed by atoms with van der Waals surface area (Å²) in [7, 11) is 2.11. The largest absolute Gasteiger partial charge is 0.369 e. The van der Waals surface area contributed by atoms with Crippen LogP contribution in [0.2, 0.25) is 5.02 Å². The zero-order chi connectivity index (χ0) is 13.1. The van der Waals surface area contributed by atoms with Gasteiger partial charge in [-0.05, 0) is 50.9 Å². The first kappa shape index (κ1) is 14.3. The Hall–Kier alpha value is -0.730. The molecule has 2 nitrogen and oxygen atoms in total. The Morgan fingerprint density at radius 2 is 2.00 bits per heavy atom. The highest BCUT2D eigenvalue weighted by atomic mass is 35.5. The standard InChI is InChI=1S/C14H23ClN2/c1-5-14(2,3)17(4)12-7-6-11(8-9-16)13(15)10-12/h6-7,10H,5,8-9,16H2,1-4H3. The van der Waals surface area contributed by atoms with Gasteiger partial charge in [0.15, 0.2) is 0 Å². The predicted octanol–water partition coefficient (Wildman–Crippen LogP) is 3.47. The minimum absolute atomic E-state index is 0.138. The molecule has 3 heteroatoms. The van der Waals surface area contributed by atoms with Gasteiger partial charge in [-0.1, -0.05) is 24.6 Å². The molecule has 0 amide bonds. The Bertz CT molecular complexity index is 374. The monoisotopic (exact) mass is 254 g/mol. The fourth-order valence-corrected chi connectivity index (χ4v) is 1.96. The molecular formula is C14H23ClN2. The molecule has 0 heterocycles. The SMILES string of the molecule is CCC(C)(C)N(C)c1ccc(CCN)c(Cl)c1. The van der Waals surface area contributed by atoms with Crippen LogP contribution in [0.5, 0.6) is 0 Å². The van der Waals surface area contributed by atoms with Crippen molar-refractivity contribution in [1.82, 2.24) is 0 Å². The van der Waals surface area contributed by atoms with E-state index < -0.39 is 0 Å². The van der Waals surface area contributed by atoms with E-state index in [0.717, 1.165) is 29.1 Å². The molecule has 0 fully saturated rings. The van der Waals surface area contributed by atoms with Crippen LogP contribution in [-0.2, 0) is 6.42 Å². The molecule has 0 aliphatic carbocycles. The molecule has 0 radical (unpaired) electrons. The van der Waals surface area contributed by atoms with E-state index in [1.165, 1.54) is 0 Å². The Morgan fingerprint density at radius 1 is 1.35 bits per heavy atom. The summed E-state index contributed by atoms with van der Waals surface area (Å²) in [5, 5.41) is 0.812. The summed E-state index contributed by atoms with van der Waals surface area (Å²) in [6.07, 6.45) is 1.92. The first-order chi connectivity index (χ1) is 7.92. The van der Waals surface area contributed by atoms with E-state index in [9.17, 15) is 0 Å². The molecule has 1 aromatic rings. The van der Waals surface area contributed by atoms with Gasteiger partial charge in [-0.3, -0.25) is 0 Å². The second kappa shape index (κ2) is 5.74. The van der Waals surface area contributed by atoms with Gasteiger partial charge in [0.05, 0.1) is 0 Å². The van der Waals surface area contributed by atoms with E-state index in [2.05, 4.69) is 44.9 Å². The average molecular weight is 255 g/mol. The molecule has 1 rings (SSSR count). The van der Waals surface area contributed by atoms with Crippen LogP contribution < -0.4 is 10.6 Å². The Labute approximate surface area is 110 Å². The van der Waals surface area contributed by atoms with Crippen molar-refractivity contribution in [3.8, 4) is 0 Å². The van der Waals surface area contributed by atoms with Crippen LogP contribution >= 0.6 is 11.6 Å². The smallest absolute Gasteiger partial charge is 0.0459 e. The fourth-order valence-electron chi connectivity index (χ4n) is 1.69. The lowest BCUT2D eigenvalue weighted by atomic mass is 9.99. The van der Waals surface area contributed by atoms with E-state index in [1.807, 2.05) is 6.07 Å². The summed E-state index contributed by atoms with van der Waals surface area (Å²) >= 11 is 6.26. The van der Waals surface area contributed by atoms with E-state index in [0.29, 0.717) is 6.54 Å². The molecule has 0 aromatic heterocycles. The van der Waals surface area contributed by atoms with Crippen LogP contribution in [0.1, 0.15) is 32.8 Å². The topological polar surface area (TPSA) is 29.3 Å². The number of hydrogen-bond acceptors (Lipinski definition) is 2. The molecule has 0 aliphatic heterocycles.